The average molecular weight is 485 g/mol. The van der Waals surface area contributed by atoms with E-state index in [1.54, 1.807) is 38.3 Å². The van der Waals surface area contributed by atoms with Crippen molar-refractivity contribution in [2.45, 2.75) is 42.5 Å². The highest BCUT2D eigenvalue weighted by atomic mass is 35.5. The summed E-state index contributed by atoms with van der Waals surface area (Å²) < 4.78 is 16.0. The lowest BCUT2D eigenvalue weighted by Gasteiger charge is -2.55. The second-order valence-electron chi connectivity index (χ2n) is 7.48. The number of halogens is 1. The summed E-state index contributed by atoms with van der Waals surface area (Å²) in [6.45, 7) is 2.82. The molecule has 9 nitrogen and oxygen atoms in total. The number of carbonyl (C=O) groups excluding carboxylic acids is 4. The number of rotatable bonds is 8. The smallest absolute Gasteiger partial charge is 0.343 e. The molecule has 11 heteroatoms. The van der Waals surface area contributed by atoms with Gasteiger partial charge in [0.25, 0.3) is 0 Å². The Balaban J connectivity index is 1.84. The van der Waals surface area contributed by atoms with Gasteiger partial charge in [-0.2, -0.15) is 0 Å². The number of hydrogen-bond acceptors (Lipinski definition) is 8. The summed E-state index contributed by atoms with van der Waals surface area (Å²) >= 11 is 7.21. The molecule has 1 aromatic rings. The van der Waals surface area contributed by atoms with Crippen LogP contribution in [0.5, 0.6) is 5.75 Å². The van der Waals surface area contributed by atoms with Gasteiger partial charge in [0.2, 0.25) is 11.8 Å². The number of carbonyl (C=O) groups is 4. The molecule has 2 fully saturated rings. The Hall–Kier alpha value is -2.46. The number of alkyl halides is 1. The van der Waals surface area contributed by atoms with Crippen LogP contribution in [0.15, 0.2) is 24.3 Å². The first-order valence-electron chi connectivity index (χ1n) is 10.1. The summed E-state index contributed by atoms with van der Waals surface area (Å²) in [5.41, 5.74) is 0.725. The van der Waals surface area contributed by atoms with Gasteiger partial charge in [-0.05, 0) is 17.7 Å². The molecule has 4 atom stereocenters. The van der Waals surface area contributed by atoms with E-state index in [-0.39, 0.29) is 32.1 Å². The van der Waals surface area contributed by atoms with Crippen LogP contribution in [0, 0.1) is 5.92 Å². The maximum absolute atomic E-state index is 13.4. The SMILES string of the molecule is CCC(=O)OCC1CN2C(=O)C(Cl)[C@H]2SC1(NC(C)=O)C(=O)OCc1ccc(OC)cc1. The van der Waals surface area contributed by atoms with Crippen molar-refractivity contribution >= 4 is 47.1 Å². The monoisotopic (exact) mass is 484 g/mol. The van der Waals surface area contributed by atoms with Crippen LogP contribution in [0.25, 0.3) is 0 Å². The highest BCUT2D eigenvalue weighted by Gasteiger charge is 2.62. The Morgan fingerprint density at radius 3 is 2.53 bits per heavy atom. The number of methoxy groups -OCH3 is 1. The molecule has 0 aromatic heterocycles. The fourth-order valence-corrected chi connectivity index (χ4v) is 5.60. The molecule has 2 aliphatic heterocycles. The quantitative estimate of drug-likeness (QED) is 0.337. The number of thioether (sulfide) groups is 1. The van der Waals surface area contributed by atoms with Crippen molar-refractivity contribution in [1.29, 1.82) is 0 Å². The van der Waals surface area contributed by atoms with Gasteiger partial charge in [-0.3, -0.25) is 14.4 Å². The van der Waals surface area contributed by atoms with Gasteiger partial charge in [0.05, 0.1) is 19.6 Å². The lowest BCUT2D eigenvalue weighted by Crippen LogP contribution is -2.73. The highest BCUT2D eigenvalue weighted by Crippen LogP contribution is 2.49. The molecule has 0 aliphatic carbocycles. The predicted octanol–water partition coefficient (Wildman–Crippen LogP) is 1.66. The minimum atomic E-state index is -1.57. The molecule has 2 heterocycles. The zero-order chi connectivity index (χ0) is 23.5. The third kappa shape index (κ3) is 4.80. The van der Waals surface area contributed by atoms with E-state index < -0.39 is 39.4 Å². The molecule has 0 bridgehead atoms. The third-order valence-corrected chi connectivity index (χ3v) is 7.62. The average Bonchev–Trinajstić information content (AvgIpc) is 2.80. The van der Waals surface area contributed by atoms with Crippen molar-refractivity contribution in [3.8, 4) is 5.75 Å². The summed E-state index contributed by atoms with van der Waals surface area (Å²) in [6.07, 6.45) is 0.157. The van der Waals surface area contributed by atoms with Crippen LogP contribution in [0.4, 0.5) is 0 Å². The maximum Gasteiger partial charge on any atom is 0.343 e. The van der Waals surface area contributed by atoms with E-state index in [0.717, 1.165) is 17.3 Å². The van der Waals surface area contributed by atoms with E-state index in [4.69, 9.17) is 25.8 Å². The molecule has 2 amide bonds. The molecule has 0 saturated carbocycles. The van der Waals surface area contributed by atoms with Crippen LogP contribution >= 0.6 is 23.4 Å². The Kier molecular flexibility index (Phi) is 7.55. The number of nitrogens with one attached hydrogen (secondary N) is 1. The van der Waals surface area contributed by atoms with Crippen LogP contribution in [-0.2, 0) is 35.3 Å². The van der Waals surface area contributed by atoms with E-state index >= 15 is 0 Å². The molecule has 2 aliphatic rings. The fraction of sp³-hybridized carbons (Fsp3) is 0.524. The molecule has 3 unspecified atom stereocenters. The van der Waals surface area contributed by atoms with Crippen LogP contribution in [0.1, 0.15) is 25.8 Å². The van der Waals surface area contributed by atoms with Crippen LogP contribution in [0.3, 0.4) is 0 Å². The summed E-state index contributed by atoms with van der Waals surface area (Å²) in [4.78, 5) is 49.3. The summed E-state index contributed by atoms with van der Waals surface area (Å²) in [5, 5.41) is 1.37. The van der Waals surface area contributed by atoms with Crippen molar-refractivity contribution < 1.29 is 33.4 Å². The van der Waals surface area contributed by atoms with Gasteiger partial charge in [-0.15, -0.1) is 11.6 Å². The number of fused-ring (bicyclic) bond motifs is 1. The zero-order valence-corrected chi connectivity index (χ0v) is 19.5. The van der Waals surface area contributed by atoms with Crippen molar-refractivity contribution in [1.82, 2.24) is 10.2 Å². The first-order valence-corrected chi connectivity index (χ1v) is 11.4. The topological polar surface area (TPSA) is 111 Å². The predicted molar refractivity (Wildman–Crippen MR) is 117 cm³/mol. The van der Waals surface area contributed by atoms with Crippen LogP contribution in [-0.4, -0.2) is 64.5 Å². The summed E-state index contributed by atoms with van der Waals surface area (Å²) in [5.74, 6) is -1.94. The molecule has 1 N–H and O–H groups in total. The summed E-state index contributed by atoms with van der Waals surface area (Å²) in [6, 6.07) is 7.00. The summed E-state index contributed by atoms with van der Waals surface area (Å²) in [7, 11) is 1.55. The number of nitrogens with zero attached hydrogens (tertiary/aromatic N) is 1. The van der Waals surface area contributed by atoms with E-state index in [0.29, 0.717) is 5.75 Å². The third-order valence-electron chi connectivity index (χ3n) is 5.30. The van der Waals surface area contributed by atoms with Crippen LogP contribution < -0.4 is 10.1 Å². The van der Waals surface area contributed by atoms with Crippen LogP contribution in [0.2, 0.25) is 0 Å². The lowest BCUT2D eigenvalue weighted by molar-refractivity contribution is -0.160. The van der Waals surface area contributed by atoms with Crippen molar-refractivity contribution in [3.05, 3.63) is 29.8 Å². The fourth-order valence-electron chi connectivity index (χ4n) is 3.55. The Bertz CT molecular complexity index is 897. The number of hydrogen-bond donors (Lipinski definition) is 1. The van der Waals surface area contributed by atoms with Crippen molar-refractivity contribution in [2.24, 2.45) is 5.92 Å². The van der Waals surface area contributed by atoms with Gasteiger partial charge in [0.1, 0.15) is 23.1 Å². The van der Waals surface area contributed by atoms with Crippen molar-refractivity contribution in [3.63, 3.8) is 0 Å². The van der Waals surface area contributed by atoms with Gasteiger partial charge in [0, 0.05) is 19.9 Å². The van der Waals surface area contributed by atoms with Crippen molar-refractivity contribution in [2.75, 3.05) is 20.3 Å². The minimum absolute atomic E-state index is 0.0379. The molecule has 174 valence electrons. The van der Waals surface area contributed by atoms with Gasteiger partial charge in [-0.25, -0.2) is 4.79 Å². The molecule has 0 spiro atoms. The number of amides is 2. The Morgan fingerprint density at radius 2 is 1.94 bits per heavy atom. The molecular weight excluding hydrogens is 460 g/mol. The van der Waals surface area contributed by atoms with Gasteiger partial charge in [0.15, 0.2) is 4.87 Å². The van der Waals surface area contributed by atoms with Gasteiger partial charge in [-0.1, -0.05) is 30.8 Å². The van der Waals surface area contributed by atoms with Gasteiger partial charge >= 0.3 is 11.9 Å². The van der Waals surface area contributed by atoms with E-state index in [1.807, 2.05) is 0 Å². The molecule has 3 rings (SSSR count). The molecule has 32 heavy (non-hydrogen) atoms. The normalized spacial score (nSPS) is 26.4. The number of esters is 2. The Morgan fingerprint density at radius 1 is 1.25 bits per heavy atom. The van der Waals surface area contributed by atoms with E-state index in [2.05, 4.69) is 5.32 Å². The Labute approximate surface area is 195 Å². The first-order chi connectivity index (χ1) is 15.2. The van der Waals surface area contributed by atoms with E-state index in [1.165, 1.54) is 11.8 Å². The minimum Gasteiger partial charge on any atom is -0.497 e. The molecule has 2 saturated heterocycles. The standard InChI is InChI=1S/C21H25ClN2O7S/c1-4-16(26)30-11-14-9-24-18(27)17(22)19(24)32-21(14,23-12(2)25)20(28)31-10-13-5-7-15(29-3)8-6-13/h5-8,14,17,19H,4,9-11H2,1-3H3,(H,23,25)/t14?,17?,19-,21?/m1/s1. The highest BCUT2D eigenvalue weighted by molar-refractivity contribution is 8.02. The number of benzene rings is 1. The number of β-lactam (4-membered cyclic amide) rings is 1. The largest absolute Gasteiger partial charge is 0.497 e. The lowest BCUT2D eigenvalue weighted by atomic mass is 9.95. The van der Waals surface area contributed by atoms with E-state index in [9.17, 15) is 19.2 Å². The van der Waals surface area contributed by atoms with Gasteiger partial charge < -0.3 is 24.4 Å². The first kappa shape index (κ1) is 24.2. The molecular formula is C21H25ClN2O7S. The second kappa shape index (κ2) is 9.99. The molecule has 0 radical (unpaired) electrons. The maximum atomic E-state index is 13.4. The second-order valence-corrected chi connectivity index (χ2v) is 9.31. The zero-order valence-electron chi connectivity index (χ0n) is 18.0. The number of ether oxygens (including phenoxy) is 3. The molecule has 1 aromatic carbocycles.